The molecule has 60 heavy (non-hydrogen) atoms. The number of esters is 2. The van der Waals surface area contributed by atoms with Crippen molar-refractivity contribution in [1.29, 1.82) is 0 Å². The number of allylic oxidation sites excluding steroid dienone is 10. The lowest BCUT2D eigenvalue weighted by atomic mass is 10.00. The Morgan fingerprint density at radius 2 is 1.00 bits per heavy atom. The van der Waals surface area contributed by atoms with Gasteiger partial charge in [-0.3, -0.25) is 14.1 Å². The van der Waals surface area contributed by atoms with Crippen LogP contribution in [0, 0.1) is 0 Å². The molecule has 346 valence electrons. The maximum Gasteiger partial charge on any atom is 0.306 e. The fourth-order valence-corrected chi connectivity index (χ4v) is 7.17. The van der Waals surface area contributed by atoms with Gasteiger partial charge in [-0.2, -0.15) is 8.42 Å². The Kier molecular flexibility index (Phi) is 34.1. The number of hydrogen-bond donors (Lipinski definition) is 4. The molecule has 2 unspecified atom stereocenters. The number of aliphatic hydroxyl groups excluding tert-OH is 3. The first-order chi connectivity index (χ1) is 29.0. The second-order valence-electron chi connectivity index (χ2n) is 15.7. The molecule has 0 aromatic heterocycles. The van der Waals surface area contributed by atoms with Crippen LogP contribution in [0.1, 0.15) is 168 Å². The molecule has 1 rings (SSSR count). The highest BCUT2D eigenvalue weighted by Crippen LogP contribution is 2.24. The van der Waals surface area contributed by atoms with Gasteiger partial charge in [-0.15, -0.1) is 0 Å². The summed E-state index contributed by atoms with van der Waals surface area (Å²) in [5, 5.41) is 30.9. The minimum absolute atomic E-state index is 0.144. The molecule has 1 fully saturated rings. The van der Waals surface area contributed by atoms with Crippen LogP contribution in [0.2, 0.25) is 0 Å². The molecule has 0 spiro atoms. The average molecular weight is 869 g/mol. The van der Waals surface area contributed by atoms with Crippen molar-refractivity contribution in [2.75, 3.05) is 19.0 Å². The summed E-state index contributed by atoms with van der Waals surface area (Å²) in [7, 11) is -4.61. The van der Waals surface area contributed by atoms with Crippen molar-refractivity contribution in [1.82, 2.24) is 0 Å². The maximum atomic E-state index is 12.8. The molecular weight excluding hydrogens is 789 g/mol. The quantitative estimate of drug-likeness (QED) is 0.0201. The fourth-order valence-electron chi connectivity index (χ4n) is 6.48. The minimum Gasteiger partial charge on any atom is -0.462 e. The van der Waals surface area contributed by atoms with Crippen LogP contribution >= 0.6 is 0 Å². The largest absolute Gasteiger partial charge is 0.462 e. The molecule has 1 heterocycles. The molecule has 0 aromatic carbocycles. The summed E-state index contributed by atoms with van der Waals surface area (Å²) in [6.45, 7) is 3.67. The highest BCUT2D eigenvalue weighted by Gasteiger charge is 2.46. The number of carbonyl (C=O) groups is 2. The number of unbranched alkanes of at least 4 members (excludes halogenated alkanes) is 15. The Labute approximate surface area is 362 Å². The summed E-state index contributed by atoms with van der Waals surface area (Å²) in [6, 6.07) is 0. The Bertz CT molecular complexity index is 1340. The van der Waals surface area contributed by atoms with Crippen LogP contribution in [-0.2, 0) is 38.7 Å². The van der Waals surface area contributed by atoms with Crippen LogP contribution in [0.4, 0.5) is 0 Å². The lowest BCUT2D eigenvalue weighted by molar-refractivity contribution is -0.297. The summed E-state index contributed by atoms with van der Waals surface area (Å²) in [5.74, 6) is -2.04. The van der Waals surface area contributed by atoms with Gasteiger partial charge in [0.05, 0.1) is 6.61 Å². The third-order valence-electron chi connectivity index (χ3n) is 10.1. The standard InChI is InChI=1S/C47H80O12S/c1-3-5-7-9-11-13-15-17-18-19-20-21-22-24-25-27-29-31-33-35-42(48)56-37-40(38-57-47-46(52)45(51)44(50)41(59-47)39-60(53,54)55)58-43(49)36-34-32-30-28-26-23-16-14-12-10-8-6-4-2/h11,13-14,16-18,20-21,24-25,40-41,44-47,50-52H,3-10,12,15,19,22-23,26-39H2,1-2H3,(H,53,54,55)/b13-11+,16-14+,18-17+,21-20+,25-24+/t40-,41-,44-,45?,46?,47+/m1/s1. The zero-order valence-corrected chi connectivity index (χ0v) is 37.6. The van der Waals surface area contributed by atoms with Gasteiger partial charge < -0.3 is 34.3 Å². The maximum absolute atomic E-state index is 12.8. The van der Waals surface area contributed by atoms with Crippen LogP contribution < -0.4 is 0 Å². The zero-order chi connectivity index (χ0) is 44.1. The van der Waals surface area contributed by atoms with Gasteiger partial charge in [0, 0.05) is 12.8 Å². The molecule has 0 radical (unpaired) electrons. The SMILES string of the molecule is CCCCC/C=C/C/C=C/C/C=C/C/C=C/CCCCCC(=O)OC[C@H](CO[C@H]1O[C@H](CS(=O)(=O)O)[C@@H](O)C(O)C1O)OC(=O)CCCCCCC/C=C/CCCCCC. The summed E-state index contributed by atoms with van der Waals surface area (Å²) < 4.78 is 54.0. The van der Waals surface area contributed by atoms with E-state index >= 15 is 0 Å². The van der Waals surface area contributed by atoms with Gasteiger partial charge in [-0.1, -0.05) is 132 Å². The average Bonchev–Trinajstić information content (AvgIpc) is 3.21. The van der Waals surface area contributed by atoms with E-state index in [2.05, 4.69) is 74.6 Å². The molecular formula is C47H80O12S. The molecule has 1 aliphatic heterocycles. The van der Waals surface area contributed by atoms with Gasteiger partial charge in [-0.25, -0.2) is 0 Å². The number of rotatable bonds is 37. The van der Waals surface area contributed by atoms with E-state index in [4.69, 9.17) is 18.9 Å². The molecule has 6 atom stereocenters. The van der Waals surface area contributed by atoms with Crippen molar-refractivity contribution in [2.24, 2.45) is 0 Å². The molecule has 0 aliphatic carbocycles. The van der Waals surface area contributed by atoms with Crippen LogP contribution in [0.25, 0.3) is 0 Å². The lowest BCUT2D eigenvalue weighted by Crippen LogP contribution is -2.60. The molecule has 0 aromatic rings. The number of hydrogen-bond acceptors (Lipinski definition) is 11. The van der Waals surface area contributed by atoms with Gasteiger partial charge in [0.15, 0.2) is 12.4 Å². The van der Waals surface area contributed by atoms with Crippen molar-refractivity contribution in [3.8, 4) is 0 Å². The van der Waals surface area contributed by atoms with Crippen molar-refractivity contribution in [3.63, 3.8) is 0 Å². The molecule has 1 saturated heterocycles. The second kappa shape index (κ2) is 37.0. The summed E-state index contributed by atoms with van der Waals surface area (Å²) in [6.07, 6.45) is 35.5. The van der Waals surface area contributed by atoms with E-state index < -0.39 is 71.2 Å². The Balaban J connectivity index is 2.47. The first-order valence-corrected chi connectivity index (χ1v) is 24.5. The minimum atomic E-state index is -4.61. The van der Waals surface area contributed by atoms with Gasteiger partial charge >= 0.3 is 11.9 Å². The molecule has 1 aliphatic rings. The Hall–Kier alpha value is -2.65. The first kappa shape index (κ1) is 55.4. The van der Waals surface area contributed by atoms with E-state index in [0.29, 0.717) is 12.8 Å². The smallest absolute Gasteiger partial charge is 0.306 e. The third kappa shape index (κ3) is 31.2. The van der Waals surface area contributed by atoms with Crippen LogP contribution in [0.15, 0.2) is 60.8 Å². The highest BCUT2D eigenvalue weighted by molar-refractivity contribution is 7.85. The number of carbonyl (C=O) groups excluding carboxylic acids is 2. The number of aliphatic hydroxyl groups is 3. The first-order valence-electron chi connectivity index (χ1n) is 22.8. The van der Waals surface area contributed by atoms with Gasteiger partial charge in [0.25, 0.3) is 10.1 Å². The Morgan fingerprint density at radius 3 is 1.55 bits per heavy atom. The second-order valence-corrected chi connectivity index (χ2v) is 17.2. The predicted octanol–water partition coefficient (Wildman–Crippen LogP) is 9.34. The van der Waals surface area contributed by atoms with E-state index in [9.17, 15) is 37.9 Å². The van der Waals surface area contributed by atoms with E-state index in [0.717, 1.165) is 77.0 Å². The molecule has 0 saturated carbocycles. The predicted molar refractivity (Wildman–Crippen MR) is 238 cm³/mol. The topological polar surface area (TPSA) is 186 Å². The van der Waals surface area contributed by atoms with E-state index in [1.165, 1.54) is 51.4 Å². The molecule has 12 nitrogen and oxygen atoms in total. The van der Waals surface area contributed by atoms with Gasteiger partial charge in [-0.05, 0) is 83.5 Å². The van der Waals surface area contributed by atoms with Crippen molar-refractivity contribution in [2.45, 2.75) is 205 Å². The fraction of sp³-hybridized carbons (Fsp3) is 0.745. The van der Waals surface area contributed by atoms with E-state index in [1.54, 1.807) is 0 Å². The van der Waals surface area contributed by atoms with Crippen molar-refractivity contribution >= 4 is 22.1 Å². The monoisotopic (exact) mass is 869 g/mol. The summed E-state index contributed by atoms with van der Waals surface area (Å²) in [5.41, 5.74) is 0. The Morgan fingerprint density at radius 1 is 0.567 bits per heavy atom. The van der Waals surface area contributed by atoms with E-state index in [1.807, 2.05) is 0 Å². The van der Waals surface area contributed by atoms with Crippen LogP contribution in [0.3, 0.4) is 0 Å². The normalized spacial score (nSPS) is 20.7. The lowest BCUT2D eigenvalue weighted by Gasteiger charge is -2.40. The van der Waals surface area contributed by atoms with Crippen LogP contribution in [-0.4, -0.2) is 96.0 Å². The highest BCUT2D eigenvalue weighted by atomic mass is 32.2. The van der Waals surface area contributed by atoms with Crippen molar-refractivity contribution < 1.29 is 56.8 Å². The molecule has 13 heteroatoms. The summed E-state index contributed by atoms with van der Waals surface area (Å²) in [4.78, 5) is 25.4. The van der Waals surface area contributed by atoms with Crippen LogP contribution in [0.5, 0.6) is 0 Å². The van der Waals surface area contributed by atoms with E-state index in [-0.39, 0.29) is 19.4 Å². The zero-order valence-electron chi connectivity index (χ0n) is 36.8. The van der Waals surface area contributed by atoms with Crippen molar-refractivity contribution in [3.05, 3.63) is 60.8 Å². The molecule has 4 N–H and O–H groups in total. The molecule has 0 bridgehead atoms. The molecule has 0 amide bonds. The van der Waals surface area contributed by atoms with Gasteiger partial charge in [0.1, 0.15) is 36.8 Å². The number of ether oxygens (including phenoxy) is 4. The van der Waals surface area contributed by atoms with Gasteiger partial charge in [0.2, 0.25) is 0 Å². The summed E-state index contributed by atoms with van der Waals surface area (Å²) >= 11 is 0. The third-order valence-corrected chi connectivity index (χ3v) is 10.8.